The molecule has 1 aromatic rings. The number of ether oxygens (including phenoxy) is 2. The SMILES string of the molecule is C=C(C)Cc1nc(OC)nc(OC)n1. The summed E-state index contributed by atoms with van der Waals surface area (Å²) in [6.07, 6.45) is 0.593. The van der Waals surface area contributed by atoms with Gasteiger partial charge < -0.3 is 9.47 Å². The lowest BCUT2D eigenvalue weighted by Gasteiger charge is -2.04. The van der Waals surface area contributed by atoms with Crippen molar-refractivity contribution < 1.29 is 9.47 Å². The van der Waals surface area contributed by atoms with Crippen molar-refractivity contribution in [3.8, 4) is 12.0 Å². The predicted octanol–water partition coefficient (Wildman–Crippen LogP) is 1.01. The van der Waals surface area contributed by atoms with Crippen molar-refractivity contribution in [1.29, 1.82) is 0 Å². The van der Waals surface area contributed by atoms with Crippen LogP contribution in [0.4, 0.5) is 0 Å². The van der Waals surface area contributed by atoms with E-state index in [4.69, 9.17) is 9.47 Å². The molecule has 0 aromatic carbocycles. The summed E-state index contributed by atoms with van der Waals surface area (Å²) < 4.78 is 9.81. The Morgan fingerprint density at radius 2 is 1.64 bits per heavy atom. The van der Waals surface area contributed by atoms with Gasteiger partial charge in [0.15, 0.2) is 0 Å². The van der Waals surface area contributed by atoms with Crippen molar-refractivity contribution in [3.63, 3.8) is 0 Å². The van der Waals surface area contributed by atoms with Gasteiger partial charge in [-0.1, -0.05) is 12.2 Å². The fourth-order valence-electron chi connectivity index (χ4n) is 0.909. The monoisotopic (exact) mass is 195 g/mol. The molecule has 0 aliphatic heterocycles. The molecular formula is C9H13N3O2. The molecule has 0 aliphatic carbocycles. The topological polar surface area (TPSA) is 57.1 Å². The van der Waals surface area contributed by atoms with Crippen molar-refractivity contribution >= 4 is 0 Å². The molecule has 0 unspecified atom stereocenters. The second-order valence-corrected chi connectivity index (χ2v) is 2.86. The van der Waals surface area contributed by atoms with E-state index in [2.05, 4.69) is 21.5 Å². The van der Waals surface area contributed by atoms with E-state index in [9.17, 15) is 0 Å². The van der Waals surface area contributed by atoms with E-state index in [-0.39, 0.29) is 12.0 Å². The molecule has 0 saturated carbocycles. The number of nitrogens with zero attached hydrogens (tertiary/aromatic N) is 3. The minimum atomic E-state index is 0.258. The molecule has 14 heavy (non-hydrogen) atoms. The number of hydrogen-bond donors (Lipinski definition) is 0. The van der Waals surface area contributed by atoms with Crippen molar-refractivity contribution in [2.45, 2.75) is 13.3 Å². The summed E-state index contributed by atoms with van der Waals surface area (Å²) in [6, 6.07) is 0.515. The van der Waals surface area contributed by atoms with Gasteiger partial charge in [0.05, 0.1) is 14.2 Å². The molecule has 5 heteroatoms. The van der Waals surface area contributed by atoms with Crippen LogP contribution < -0.4 is 9.47 Å². The Morgan fingerprint density at radius 1 is 1.14 bits per heavy atom. The van der Waals surface area contributed by atoms with Crippen molar-refractivity contribution in [1.82, 2.24) is 15.0 Å². The van der Waals surface area contributed by atoms with Gasteiger partial charge in [0.2, 0.25) is 0 Å². The molecule has 0 fully saturated rings. The van der Waals surface area contributed by atoms with Gasteiger partial charge in [0.25, 0.3) is 0 Å². The number of allylic oxidation sites excluding steroid dienone is 1. The molecule has 0 amide bonds. The summed E-state index contributed by atoms with van der Waals surface area (Å²) in [4.78, 5) is 12.0. The molecule has 1 heterocycles. The largest absolute Gasteiger partial charge is 0.467 e. The van der Waals surface area contributed by atoms with Crippen molar-refractivity contribution in [2.24, 2.45) is 0 Å². The van der Waals surface area contributed by atoms with Gasteiger partial charge in [-0.15, -0.1) is 4.98 Å². The fourth-order valence-corrected chi connectivity index (χ4v) is 0.909. The molecule has 1 rings (SSSR count). The van der Waals surface area contributed by atoms with E-state index in [1.54, 1.807) is 0 Å². The number of rotatable bonds is 4. The van der Waals surface area contributed by atoms with Crippen molar-refractivity contribution in [3.05, 3.63) is 18.0 Å². The van der Waals surface area contributed by atoms with E-state index in [0.29, 0.717) is 12.2 Å². The molecule has 0 bridgehead atoms. The van der Waals surface area contributed by atoms with Crippen LogP contribution in [0.25, 0.3) is 0 Å². The molecular weight excluding hydrogens is 182 g/mol. The highest BCUT2D eigenvalue weighted by atomic mass is 16.5. The number of aromatic nitrogens is 3. The minimum absolute atomic E-state index is 0.258. The van der Waals surface area contributed by atoms with Gasteiger partial charge in [0, 0.05) is 6.42 Å². The number of hydrogen-bond acceptors (Lipinski definition) is 5. The van der Waals surface area contributed by atoms with Crippen LogP contribution in [0.2, 0.25) is 0 Å². The van der Waals surface area contributed by atoms with Gasteiger partial charge in [-0.2, -0.15) is 9.97 Å². The summed E-state index contributed by atoms with van der Waals surface area (Å²) in [5.41, 5.74) is 0.973. The maximum Gasteiger partial charge on any atom is 0.322 e. The summed E-state index contributed by atoms with van der Waals surface area (Å²) in [7, 11) is 3.00. The smallest absolute Gasteiger partial charge is 0.322 e. The van der Waals surface area contributed by atoms with E-state index >= 15 is 0 Å². The Morgan fingerprint density at radius 3 is 2.00 bits per heavy atom. The Hall–Kier alpha value is -1.65. The third kappa shape index (κ3) is 2.69. The van der Waals surface area contributed by atoms with E-state index in [1.807, 2.05) is 6.92 Å². The first-order valence-corrected chi connectivity index (χ1v) is 4.13. The van der Waals surface area contributed by atoms with Gasteiger partial charge in [-0.05, 0) is 6.92 Å². The lowest BCUT2D eigenvalue weighted by atomic mass is 10.2. The Kier molecular flexibility index (Phi) is 3.39. The normalized spacial score (nSPS) is 9.64. The Labute approximate surface area is 82.8 Å². The molecule has 0 saturated heterocycles. The van der Waals surface area contributed by atoms with Gasteiger partial charge in [-0.25, -0.2) is 0 Å². The van der Waals surface area contributed by atoms with E-state index < -0.39 is 0 Å². The van der Waals surface area contributed by atoms with Crippen LogP contribution >= 0.6 is 0 Å². The molecule has 5 nitrogen and oxygen atoms in total. The quantitative estimate of drug-likeness (QED) is 0.671. The standard InChI is InChI=1S/C9H13N3O2/c1-6(2)5-7-10-8(13-3)12-9(11-7)14-4/h1,5H2,2-4H3. The van der Waals surface area contributed by atoms with Gasteiger partial charge in [-0.3, -0.25) is 0 Å². The van der Waals surface area contributed by atoms with Gasteiger partial charge in [0.1, 0.15) is 5.82 Å². The number of methoxy groups -OCH3 is 2. The highest BCUT2D eigenvalue weighted by molar-refractivity contribution is 5.09. The average Bonchev–Trinajstić information content (AvgIpc) is 2.16. The van der Waals surface area contributed by atoms with Crippen molar-refractivity contribution in [2.75, 3.05) is 14.2 Å². The Bertz CT molecular complexity index is 317. The zero-order valence-electron chi connectivity index (χ0n) is 8.57. The zero-order chi connectivity index (χ0) is 10.6. The summed E-state index contributed by atoms with van der Waals surface area (Å²) in [5.74, 6) is 0.598. The Balaban J connectivity index is 2.98. The highest BCUT2D eigenvalue weighted by Gasteiger charge is 2.06. The lowest BCUT2D eigenvalue weighted by Crippen LogP contribution is -2.03. The maximum absolute atomic E-state index is 4.91. The third-order valence-corrected chi connectivity index (χ3v) is 1.47. The second kappa shape index (κ2) is 4.55. The molecule has 1 aromatic heterocycles. The van der Waals surface area contributed by atoms with Crippen LogP contribution in [-0.2, 0) is 6.42 Å². The van der Waals surface area contributed by atoms with Gasteiger partial charge >= 0.3 is 12.0 Å². The zero-order valence-corrected chi connectivity index (χ0v) is 8.57. The maximum atomic E-state index is 4.91. The molecule has 0 radical (unpaired) electrons. The van der Waals surface area contributed by atoms with E-state index in [0.717, 1.165) is 5.57 Å². The lowest BCUT2D eigenvalue weighted by molar-refractivity contribution is 0.337. The van der Waals surface area contributed by atoms with Crippen LogP contribution in [0.3, 0.4) is 0 Å². The third-order valence-electron chi connectivity index (χ3n) is 1.47. The molecule has 0 spiro atoms. The molecule has 0 aliphatic rings. The predicted molar refractivity (Wildman–Crippen MR) is 51.4 cm³/mol. The highest BCUT2D eigenvalue weighted by Crippen LogP contribution is 2.10. The van der Waals surface area contributed by atoms with Crippen LogP contribution in [0.1, 0.15) is 12.7 Å². The van der Waals surface area contributed by atoms with Crippen LogP contribution in [0.5, 0.6) is 12.0 Å². The fraction of sp³-hybridized carbons (Fsp3) is 0.444. The molecule has 76 valence electrons. The second-order valence-electron chi connectivity index (χ2n) is 2.86. The first-order valence-electron chi connectivity index (χ1n) is 4.13. The molecule has 0 N–H and O–H groups in total. The first kappa shape index (κ1) is 10.4. The molecule has 0 atom stereocenters. The first-order chi connectivity index (χ1) is 6.65. The van der Waals surface area contributed by atoms with Crippen LogP contribution in [0, 0.1) is 0 Å². The summed E-state index contributed by atoms with van der Waals surface area (Å²) in [5, 5.41) is 0. The average molecular weight is 195 g/mol. The minimum Gasteiger partial charge on any atom is -0.467 e. The summed E-state index contributed by atoms with van der Waals surface area (Å²) >= 11 is 0. The van der Waals surface area contributed by atoms with E-state index in [1.165, 1.54) is 14.2 Å². The summed E-state index contributed by atoms with van der Waals surface area (Å²) in [6.45, 7) is 5.68. The van der Waals surface area contributed by atoms with Crippen LogP contribution in [-0.4, -0.2) is 29.2 Å². The van der Waals surface area contributed by atoms with Crippen LogP contribution in [0.15, 0.2) is 12.2 Å².